The third kappa shape index (κ3) is 2.47. The molecular weight excluding hydrogens is 267 g/mol. The van der Waals surface area contributed by atoms with Gasteiger partial charge in [0, 0.05) is 25.6 Å². The Hall–Kier alpha value is -1.33. The summed E-state index contributed by atoms with van der Waals surface area (Å²) in [7, 11) is 0. The molecule has 2 heterocycles. The lowest BCUT2D eigenvalue weighted by molar-refractivity contribution is -0.137. The third-order valence-corrected chi connectivity index (χ3v) is 4.17. The molecule has 1 saturated heterocycles. The maximum Gasteiger partial charge on any atom is 0.416 e. The van der Waals surface area contributed by atoms with Gasteiger partial charge in [-0.15, -0.1) is 0 Å². The third-order valence-electron chi connectivity index (χ3n) is 4.17. The molecule has 1 fully saturated rings. The smallest absolute Gasteiger partial charge is 0.392 e. The molecule has 108 valence electrons. The van der Waals surface area contributed by atoms with Gasteiger partial charge in [-0.2, -0.15) is 13.2 Å². The average Bonchev–Trinajstić information content (AvgIpc) is 2.43. The van der Waals surface area contributed by atoms with Gasteiger partial charge >= 0.3 is 6.18 Å². The van der Waals surface area contributed by atoms with Crippen molar-refractivity contribution >= 4 is 5.57 Å². The second-order valence-corrected chi connectivity index (χ2v) is 5.46. The SMILES string of the molecule is O[C@H]1CCN2CC=C(c3ccc(C(F)(F)F)cc3)[C@@H]1C2. The lowest BCUT2D eigenvalue weighted by atomic mass is 9.81. The van der Waals surface area contributed by atoms with E-state index in [1.807, 2.05) is 6.08 Å². The molecule has 1 aromatic carbocycles. The summed E-state index contributed by atoms with van der Waals surface area (Å²) in [6.07, 6.45) is -1.96. The number of alkyl halides is 3. The average molecular weight is 283 g/mol. The van der Waals surface area contributed by atoms with E-state index in [4.69, 9.17) is 0 Å². The van der Waals surface area contributed by atoms with Crippen LogP contribution in [0.5, 0.6) is 0 Å². The monoisotopic (exact) mass is 283 g/mol. The molecule has 0 aliphatic carbocycles. The molecule has 2 aliphatic heterocycles. The van der Waals surface area contributed by atoms with Gasteiger partial charge in [-0.25, -0.2) is 0 Å². The Morgan fingerprint density at radius 3 is 2.50 bits per heavy atom. The summed E-state index contributed by atoms with van der Waals surface area (Å²) in [6.45, 7) is 2.47. The first-order valence-corrected chi connectivity index (χ1v) is 6.73. The molecule has 0 amide bonds. The van der Waals surface area contributed by atoms with Gasteiger partial charge in [-0.05, 0) is 29.7 Å². The summed E-state index contributed by atoms with van der Waals surface area (Å²) in [5.41, 5.74) is 1.12. The second-order valence-electron chi connectivity index (χ2n) is 5.46. The topological polar surface area (TPSA) is 23.5 Å². The summed E-state index contributed by atoms with van der Waals surface area (Å²) >= 11 is 0. The number of rotatable bonds is 1. The number of hydrogen-bond donors (Lipinski definition) is 1. The van der Waals surface area contributed by atoms with Crippen LogP contribution < -0.4 is 0 Å². The van der Waals surface area contributed by atoms with Crippen LogP contribution in [0.3, 0.4) is 0 Å². The van der Waals surface area contributed by atoms with Crippen LogP contribution in [-0.4, -0.2) is 35.7 Å². The van der Waals surface area contributed by atoms with Gasteiger partial charge in [0.15, 0.2) is 0 Å². The van der Waals surface area contributed by atoms with Gasteiger partial charge in [0.2, 0.25) is 0 Å². The number of aliphatic hydroxyl groups excluding tert-OH is 1. The minimum Gasteiger partial charge on any atom is -0.392 e. The van der Waals surface area contributed by atoms with Crippen molar-refractivity contribution in [2.75, 3.05) is 19.6 Å². The maximum atomic E-state index is 12.6. The van der Waals surface area contributed by atoms with E-state index in [0.29, 0.717) is 0 Å². The van der Waals surface area contributed by atoms with Crippen LogP contribution in [0.15, 0.2) is 30.3 Å². The first-order valence-electron chi connectivity index (χ1n) is 6.73. The van der Waals surface area contributed by atoms with Gasteiger partial charge in [0.1, 0.15) is 0 Å². The number of nitrogens with zero attached hydrogens (tertiary/aromatic N) is 1. The molecule has 20 heavy (non-hydrogen) atoms. The highest BCUT2D eigenvalue weighted by atomic mass is 19.4. The summed E-state index contributed by atoms with van der Waals surface area (Å²) < 4.78 is 37.7. The molecule has 5 heteroatoms. The van der Waals surface area contributed by atoms with Crippen LogP contribution in [0.25, 0.3) is 5.57 Å². The molecule has 2 aliphatic rings. The Bertz CT molecular complexity index is 521. The Morgan fingerprint density at radius 2 is 1.85 bits per heavy atom. The zero-order chi connectivity index (χ0) is 14.3. The van der Waals surface area contributed by atoms with Crippen LogP contribution >= 0.6 is 0 Å². The summed E-state index contributed by atoms with van der Waals surface area (Å²) in [5, 5.41) is 10.1. The highest BCUT2D eigenvalue weighted by molar-refractivity contribution is 5.69. The number of piperidine rings is 1. The van der Waals surface area contributed by atoms with Crippen molar-refractivity contribution in [1.82, 2.24) is 4.90 Å². The summed E-state index contributed by atoms with van der Waals surface area (Å²) in [5.74, 6) is 0.00855. The fraction of sp³-hybridized carbons (Fsp3) is 0.467. The van der Waals surface area contributed by atoms with Crippen molar-refractivity contribution < 1.29 is 18.3 Å². The Kier molecular flexibility index (Phi) is 3.34. The summed E-state index contributed by atoms with van der Waals surface area (Å²) in [6, 6.07) is 5.23. The predicted molar refractivity (Wildman–Crippen MR) is 70.0 cm³/mol. The van der Waals surface area contributed by atoms with Crippen LogP contribution in [0.1, 0.15) is 17.5 Å². The van der Waals surface area contributed by atoms with Crippen LogP contribution in [0, 0.1) is 5.92 Å². The van der Waals surface area contributed by atoms with Crippen molar-refractivity contribution in [3.05, 3.63) is 41.5 Å². The Balaban J connectivity index is 1.89. The van der Waals surface area contributed by atoms with E-state index in [-0.39, 0.29) is 5.92 Å². The normalized spacial score (nSPS) is 30.0. The summed E-state index contributed by atoms with van der Waals surface area (Å²) in [4.78, 5) is 2.25. The van der Waals surface area contributed by atoms with Crippen molar-refractivity contribution in [2.45, 2.75) is 18.7 Å². The van der Waals surface area contributed by atoms with Crippen molar-refractivity contribution in [3.63, 3.8) is 0 Å². The van der Waals surface area contributed by atoms with E-state index in [1.165, 1.54) is 12.1 Å². The highest BCUT2D eigenvalue weighted by Gasteiger charge is 2.34. The van der Waals surface area contributed by atoms with Crippen molar-refractivity contribution in [3.8, 4) is 0 Å². The second kappa shape index (κ2) is 4.90. The van der Waals surface area contributed by atoms with E-state index < -0.39 is 17.8 Å². The molecule has 1 N–H and O–H groups in total. The molecule has 2 nitrogen and oxygen atoms in total. The van der Waals surface area contributed by atoms with Crippen LogP contribution in [0.2, 0.25) is 0 Å². The van der Waals surface area contributed by atoms with E-state index in [0.717, 1.165) is 49.3 Å². The van der Waals surface area contributed by atoms with Crippen LogP contribution in [0.4, 0.5) is 13.2 Å². The van der Waals surface area contributed by atoms with Gasteiger partial charge < -0.3 is 5.11 Å². The largest absolute Gasteiger partial charge is 0.416 e. The molecule has 0 saturated carbocycles. The van der Waals surface area contributed by atoms with Gasteiger partial charge in [-0.3, -0.25) is 4.90 Å². The van der Waals surface area contributed by atoms with Crippen molar-refractivity contribution in [2.24, 2.45) is 5.92 Å². The minimum atomic E-state index is -4.30. The number of halogens is 3. The fourth-order valence-electron chi connectivity index (χ4n) is 3.04. The molecule has 0 spiro atoms. The molecular formula is C15H16F3NO. The van der Waals surface area contributed by atoms with Crippen LogP contribution in [-0.2, 0) is 6.18 Å². The number of fused-ring (bicyclic) bond motifs is 2. The first-order chi connectivity index (χ1) is 9.45. The van der Waals surface area contributed by atoms with E-state index >= 15 is 0 Å². The zero-order valence-corrected chi connectivity index (χ0v) is 10.9. The standard InChI is InChI=1S/C15H16F3NO/c16-15(17,18)11-3-1-10(2-4-11)12-5-7-19-8-6-14(20)13(12)9-19/h1-5,13-14,20H,6-9H2/t13-,14-/m0/s1. The quantitative estimate of drug-likeness (QED) is 0.856. The molecule has 2 bridgehead atoms. The molecule has 1 unspecified atom stereocenters. The van der Waals surface area contributed by atoms with Gasteiger partial charge in [0.25, 0.3) is 0 Å². The van der Waals surface area contributed by atoms with E-state index in [9.17, 15) is 18.3 Å². The van der Waals surface area contributed by atoms with Gasteiger partial charge in [0.05, 0.1) is 11.7 Å². The molecule has 3 rings (SSSR count). The predicted octanol–water partition coefficient (Wildman–Crippen LogP) is 2.79. The number of hydrogen-bond acceptors (Lipinski definition) is 2. The van der Waals surface area contributed by atoms with E-state index in [1.54, 1.807) is 0 Å². The highest BCUT2D eigenvalue weighted by Crippen LogP contribution is 2.36. The lowest BCUT2D eigenvalue weighted by Crippen LogP contribution is -2.46. The molecule has 1 aromatic rings. The number of benzene rings is 1. The zero-order valence-electron chi connectivity index (χ0n) is 10.9. The Morgan fingerprint density at radius 1 is 1.15 bits per heavy atom. The maximum absolute atomic E-state index is 12.6. The molecule has 0 radical (unpaired) electrons. The molecule has 0 aromatic heterocycles. The lowest BCUT2D eigenvalue weighted by Gasteiger charge is -2.40. The van der Waals surface area contributed by atoms with Gasteiger partial charge in [-0.1, -0.05) is 18.2 Å². The molecule has 3 atom stereocenters. The first kappa shape index (κ1) is 13.6. The fourth-order valence-corrected chi connectivity index (χ4v) is 3.04. The Labute approximate surface area is 115 Å². The minimum absolute atomic E-state index is 0.00855. The van der Waals surface area contributed by atoms with E-state index in [2.05, 4.69) is 4.90 Å². The number of aliphatic hydroxyl groups is 1. The van der Waals surface area contributed by atoms with Crippen molar-refractivity contribution in [1.29, 1.82) is 0 Å².